The molecule has 3 rings (SSSR count). The maximum absolute atomic E-state index is 3.60. The van der Waals surface area contributed by atoms with Crippen molar-refractivity contribution >= 4 is 0 Å². The summed E-state index contributed by atoms with van der Waals surface area (Å²) in [5, 5.41) is 3.60. The Morgan fingerprint density at radius 1 is 1.19 bits per heavy atom. The Bertz CT molecular complexity index is 261. The molecule has 0 radical (unpaired) electrons. The molecule has 0 aromatic carbocycles. The summed E-state index contributed by atoms with van der Waals surface area (Å²) in [6, 6.07) is 1.76. The van der Waals surface area contributed by atoms with Crippen molar-refractivity contribution in [1.29, 1.82) is 0 Å². The molecule has 3 unspecified atom stereocenters. The molecule has 1 saturated carbocycles. The van der Waals surface area contributed by atoms with Crippen molar-refractivity contribution < 1.29 is 0 Å². The van der Waals surface area contributed by atoms with E-state index in [0.29, 0.717) is 5.41 Å². The van der Waals surface area contributed by atoms with Crippen LogP contribution in [-0.4, -0.2) is 36.6 Å². The predicted octanol–water partition coefficient (Wildman–Crippen LogP) is 2.25. The normalized spacial score (nSPS) is 43.5. The Morgan fingerprint density at radius 3 is 2.81 bits per heavy atom. The number of hydrogen-bond donors (Lipinski definition) is 1. The van der Waals surface area contributed by atoms with E-state index in [9.17, 15) is 0 Å². The van der Waals surface area contributed by atoms with Crippen LogP contribution in [-0.2, 0) is 0 Å². The Balaban J connectivity index is 1.69. The van der Waals surface area contributed by atoms with E-state index in [4.69, 9.17) is 0 Å². The number of fused-ring (bicyclic) bond motifs is 1. The molecular formula is C14H26N2. The third-order valence-electron chi connectivity index (χ3n) is 5.13. The molecule has 3 aliphatic rings. The largest absolute Gasteiger partial charge is 0.315 e. The summed E-state index contributed by atoms with van der Waals surface area (Å²) in [4.78, 5) is 2.86. The molecule has 2 aliphatic heterocycles. The maximum Gasteiger partial charge on any atom is 0.0263 e. The molecule has 2 heterocycles. The molecule has 3 fully saturated rings. The molecule has 16 heavy (non-hydrogen) atoms. The highest BCUT2D eigenvalue weighted by atomic mass is 15.2. The average molecular weight is 222 g/mol. The summed E-state index contributed by atoms with van der Waals surface area (Å²) in [6.45, 7) is 8.78. The van der Waals surface area contributed by atoms with Gasteiger partial charge in [0.2, 0.25) is 0 Å². The molecule has 2 heteroatoms. The zero-order chi connectivity index (χ0) is 11.2. The Hall–Kier alpha value is -0.0800. The minimum Gasteiger partial charge on any atom is -0.315 e. The van der Waals surface area contributed by atoms with Crippen LogP contribution in [0, 0.1) is 11.3 Å². The third kappa shape index (κ3) is 1.91. The predicted molar refractivity (Wildman–Crippen MR) is 67.5 cm³/mol. The molecule has 0 aromatic heterocycles. The molecule has 1 aliphatic carbocycles. The van der Waals surface area contributed by atoms with Gasteiger partial charge in [-0.25, -0.2) is 0 Å². The molecule has 3 atom stereocenters. The first kappa shape index (κ1) is 11.0. The van der Waals surface area contributed by atoms with E-state index in [1.165, 1.54) is 51.7 Å². The Kier molecular flexibility index (Phi) is 2.75. The van der Waals surface area contributed by atoms with Gasteiger partial charge < -0.3 is 5.32 Å². The topological polar surface area (TPSA) is 15.3 Å². The van der Waals surface area contributed by atoms with Gasteiger partial charge in [-0.3, -0.25) is 4.90 Å². The van der Waals surface area contributed by atoms with Crippen LogP contribution in [0.2, 0.25) is 0 Å². The van der Waals surface area contributed by atoms with Gasteiger partial charge in [0.05, 0.1) is 0 Å². The maximum atomic E-state index is 3.60. The highest BCUT2D eigenvalue weighted by Crippen LogP contribution is 2.42. The summed E-state index contributed by atoms with van der Waals surface area (Å²) in [7, 11) is 0. The first-order chi connectivity index (χ1) is 7.66. The number of piperidine rings is 1. The number of nitrogens with zero attached hydrogens (tertiary/aromatic N) is 1. The van der Waals surface area contributed by atoms with Crippen LogP contribution in [0.3, 0.4) is 0 Å². The van der Waals surface area contributed by atoms with Gasteiger partial charge in [-0.1, -0.05) is 13.8 Å². The van der Waals surface area contributed by atoms with Gasteiger partial charge in [-0.05, 0) is 56.5 Å². The lowest BCUT2D eigenvalue weighted by molar-refractivity contribution is 0.0748. The minimum atomic E-state index is 0.601. The van der Waals surface area contributed by atoms with Gasteiger partial charge in [0.1, 0.15) is 0 Å². The number of rotatable bonds is 1. The summed E-state index contributed by atoms with van der Waals surface area (Å²) < 4.78 is 0. The highest BCUT2D eigenvalue weighted by Gasteiger charge is 2.42. The highest BCUT2D eigenvalue weighted by molar-refractivity contribution is 4.97. The van der Waals surface area contributed by atoms with Crippen molar-refractivity contribution in [2.75, 3.05) is 19.6 Å². The molecule has 0 bridgehead atoms. The molecule has 2 saturated heterocycles. The second kappa shape index (κ2) is 3.99. The van der Waals surface area contributed by atoms with Crippen LogP contribution in [0.15, 0.2) is 0 Å². The SMILES string of the molecule is CC1(C)CCC(N2CCCC3CNCC32)C1. The average Bonchev–Trinajstić information content (AvgIpc) is 2.83. The molecule has 0 aromatic rings. The van der Waals surface area contributed by atoms with Gasteiger partial charge >= 0.3 is 0 Å². The molecular weight excluding hydrogens is 196 g/mol. The van der Waals surface area contributed by atoms with Crippen LogP contribution >= 0.6 is 0 Å². The van der Waals surface area contributed by atoms with E-state index in [1.54, 1.807) is 0 Å². The van der Waals surface area contributed by atoms with E-state index >= 15 is 0 Å². The Morgan fingerprint density at radius 2 is 2.06 bits per heavy atom. The quantitative estimate of drug-likeness (QED) is 0.732. The van der Waals surface area contributed by atoms with Gasteiger partial charge in [0, 0.05) is 18.6 Å². The van der Waals surface area contributed by atoms with Gasteiger partial charge in [0.15, 0.2) is 0 Å². The summed E-state index contributed by atoms with van der Waals surface area (Å²) in [5.74, 6) is 0.956. The summed E-state index contributed by atoms with van der Waals surface area (Å²) >= 11 is 0. The van der Waals surface area contributed by atoms with Crippen LogP contribution in [0.25, 0.3) is 0 Å². The summed E-state index contributed by atoms with van der Waals surface area (Å²) in [6.07, 6.45) is 7.19. The first-order valence-corrected chi connectivity index (χ1v) is 7.12. The van der Waals surface area contributed by atoms with E-state index in [0.717, 1.165) is 18.0 Å². The summed E-state index contributed by atoms with van der Waals surface area (Å²) in [5.41, 5.74) is 0.601. The van der Waals surface area contributed by atoms with Crippen molar-refractivity contribution in [3.63, 3.8) is 0 Å². The first-order valence-electron chi connectivity index (χ1n) is 7.12. The zero-order valence-electron chi connectivity index (χ0n) is 10.8. The lowest BCUT2D eigenvalue weighted by Crippen LogP contribution is -2.49. The fourth-order valence-electron chi connectivity index (χ4n) is 4.24. The van der Waals surface area contributed by atoms with Crippen molar-refractivity contribution in [3.8, 4) is 0 Å². The molecule has 2 nitrogen and oxygen atoms in total. The van der Waals surface area contributed by atoms with Crippen molar-refractivity contribution in [2.24, 2.45) is 11.3 Å². The van der Waals surface area contributed by atoms with Gasteiger partial charge in [-0.2, -0.15) is 0 Å². The van der Waals surface area contributed by atoms with Gasteiger partial charge in [-0.15, -0.1) is 0 Å². The lowest BCUT2D eigenvalue weighted by atomic mass is 9.88. The van der Waals surface area contributed by atoms with E-state index in [2.05, 4.69) is 24.1 Å². The zero-order valence-corrected chi connectivity index (χ0v) is 10.8. The molecule has 0 spiro atoms. The minimum absolute atomic E-state index is 0.601. The Labute approximate surface area is 99.8 Å². The molecule has 0 amide bonds. The standard InChI is InChI=1S/C14H26N2/c1-14(2)6-5-12(8-14)16-7-3-4-11-9-15-10-13(11)16/h11-13,15H,3-10H2,1-2H3. The molecule has 1 N–H and O–H groups in total. The van der Waals surface area contributed by atoms with Crippen LogP contribution in [0.1, 0.15) is 46.0 Å². The second-order valence-corrected chi connectivity index (χ2v) is 6.93. The number of likely N-dealkylation sites (tertiary alicyclic amines) is 1. The fourth-order valence-corrected chi connectivity index (χ4v) is 4.24. The number of hydrogen-bond acceptors (Lipinski definition) is 2. The van der Waals surface area contributed by atoms with Crippen LogP contribution < -0.4 is 5.32 Å². The van der Waals surface area contributed by atoms with E-state index < -0.39 is 0 Å². The van der Waals surface area contributed by atoms with E-state index in [-0.39, 0.29) is 0 Å². The van der Waals surface area contributed by atoms with Crippen molar-refractivity contribution in [3.05, 3.63) is 0 Å². The number of nitrogens with one attached hydrogen (secondary N) is 1. The van der Waals surface area contributed by atoms with Gasteiger partial charge in [0.25, 0.3) is 0 Å². The molecule has 92 valence electrons. The van der Waals surface area contributed by atoms with Crippen LogP contribution in [0.4, 0.5) is 0 Å². The smallest absolute Gasteiger partial charge is 0.0263 e. The van der Waals surface area contributed by atoms with Crippen molar-refractivity contribution in [1.82, 2.24) is 10.2 Å². The fraction of sp³-hybridized carbons (Fsp3) is 1.00. The van der Waals surface area contributed by atoms with Crippen molar-refractivity contribution in [2.45, 2.75) is 58.0 Å². The lowest BCUT2D eigenvalue weighted by Gasteiger charge is -2.41. The third-order valence-corrected chi connectivity index (χ3v) is 5.13. The second-order valence-electron chi connectivity index (χ2n) is 6.93. The van der Waals surface area contributed by atoms with E-state index in [1.807, 2.05) is 0 Å². The van der Waals surface area contributed by atoms with Crippen LogP contribution in [0.5, 0.6) is 0 Å². The monoisotopic (exact) mass is 222 g/mol.